The summed E-state index contributed by atoms with van der Waals surface area (Å²) >= 11 is 6.79. The molecule has 0 spiro atoms. The molecule has 11 unspecified atom stereocenters. The number of aliphatic hydroxyl groups is 1. The van der Waals surface area contributed by atoms with Crippen molar-refractivity contribution in [3.8, 4) is 5.75 Å². The number of hydrogen-bond acceptors (Lipinski definition) is 15. The highest BCUT2D eigenvalue weighted by atomic mass is 35.5. The number of epoxide rings is 1. The summed E-state index contributed by atoms with van der Waals surface area (Å²) in [5.41, 5.74) is 0.686. The first-order chi connectivity index (χ1) is 32.3. The van der Waals surface area contributed by atoms with Crippen LogP contribution in [0.5, 0.6) is 5.75 Å². The third kappa shape index (κ3) is 14.0. The summed E-state index contributed by atoms with van der Waals surface area (Å²) in [6, 6.07) is 0.469. The van der Waals surface area contributed by atoms with Gasteiger partial charge in [0.05, 0.1) is 31.4 Å². The fourth-order valence-corrected chi connectivity index (χ4v) is 8.62. The van der Waals surface area contributed by atoms with Crippen molar-refractivity contribution in [3.05, 3.63) is 46.5 Å². The standard InChI is InChI=1S/C47H68ClN7O14/c1-24-14-12-15-35(66-11)47(64)23-34(67-45(63)52-47)26(3)41-46(7,69-41)36(22-39(59)55(9)31-20-30(18-24)21-33(65-10)40(31)48)68-44(62)29(6)54(8)38(58)17-13-16-37(57)50-27(4)32(56)19-25(2)42(60)51-28(5)43(61)53-49/h12,14-15,20-21,25-29,34-36,41,64H,13,16-19,22-23,49H2,1-11H3,(H,50,57)(H,51,60)(H,52,63)(H,53,61)/b15-12+,24-14+. The second-order valence-electron chi connectivity index (χ2n) is 18.4. The van der Waals surface area contributed by atoms with Crippen molar-refractivity contribution < 1.29 is 67.1 Å². The van der Waals surface area contributed by atoms with Gasteiger partial charge in [-0.25, -0.2) is 15.4 Å². The van der Waals surface area contributed by atoms with E-state index in [0.29, 0.717) is 17.9 Å². The number of amides is 6. The second kappa shape index (κ2) is 23.8. The molecule has 2 saturated heterocycles. The van der Waals surface area contributed by atoms with Crippen molar-refractivity contribution in [2.24, 2.45) is 17.7 Å². The number of halogens is 1. The summed E-state index contributed by atoms with van der Waals surface area (Å²) in [7, 11) is 5.78. The molecule has 1 aromatic carbocycles. The number of ether oxygens (including phenoxy) is 5. The molecule has 21 nitrogen and oxygen atoms in total. The predicted octanol–water partition coefficient (Wildman–Crippen LogP) is 2.28. The first-order valence-electron chi connectivity index (χ1n) is 22.8. The quantitative estimate of drug-likeness (QED) is 0.0456. The molecule has 0 saturated carbocycles. The molecule has 2 fully saturated rings. The molecule has 0 aromatic heterocycles. The molecular formula is C47H68ClN7O14. The van der Waals surface area contributed by atoms with Crippen LogP contribution in [0.1, 0.15) is 92.6 Å². The Bertz CT molecular complexity index is 2190. The molecule has 382 valence electrons. The number of rotatable bonds is 16. The number of hydrazine groups is 1. The van der Waals surface area contributed by atoms with Crippen LogP contribution in [0.3, 0.4) is 0 Å². The Balaban J connectivity index is 1.49. The molecule has 3 aliphatic rings. The van der Waals surface area contributed by atoms with Crippen LogP contribution in [0.15, 0.2) is 35.9 Å². The number of allylic oxidation sites excluding steroid dienone is 3. The van der Waals surface area contributed by atoms with Crippen LogP contribution in [-0.2, 0) is 58.9 Å². The summed E-state index contributed by atoms with van der Waals surface area (Å²) in [6.45, 7) is 11.2. The minimum atomic E-state index is -1.89. The number of ketones is 1. The van der Waals surface area contributed by atoms with Crippen LogP contribution in [0, 0.1) is 11.8 Å². The van der Waals surface area contributed by atoms with Crippen molar-refractivity contribution >= 4 is 64.7 Å². The maximum absolute atomic E-state index is 14.3. The number of benzene rings is 1. The summed E-state index contributed by atoms with van der Waals surface area (Å²) in [6.07, 6.45) is -0.190. The van der Waals surface area contributed by atoms with Crippen molar-refractivity contribution in [2.75, 3.05) is 33.2 Å². The third-order valence-corrected chi connectivity index (χ3v) is 13.4. The highest BCUT2D eigenvalue weighted by Gasteiger charge is 2.64. The number of anilines is 1. The summed E-state index contributed by atoms with van der Waals surface area (Å²) in [4.78, 5) is 107. The minimum absolute atomic E-state index is 0.0642. The smallest absolute Gasteiger partial charge is 0.409 e. The molecule has 7 N–H and O–H groups in total. The lowest BCUT2D eigenvalue weighted by Crippen LogP contribution is -2.63. The number of fused-ring (bicyclic) bond motifs is 5. The number of nitrogens with two attached hydrogens (primary N) is 1. The molecule has 69 heavy (non-hydrogen) atoms. The van der Waals surface area contributed by atoms with Gasteiger partial charge in [0.25, 0.3) is 5.91 Å². The zero-order chi connectivity index (χ0) is 51.7. The maximum atomic E-state index is 14.3. The number of nitrogens with one attached hydrogen (secondary N) is 4. The molecule has 4 rings (SSSR count). The fraction of sp³-hybridized carbons (Fsp3) is 0.617. The zero-order valence-corrected chi connectivity index (χ0v) is 41.9. The van der Waals surface area contributed by atoms with Gasteiger partial charge in [0, 0.05) is 58.7 Å². The minimum Gasteiger partial charge on any atom is -0.495 e. The van der Waals surface area contributed by atoms with Crippen molar-refractivity contribution in [1.29, 1.82) is 0 Å². The highest BCUT2D eigenvalue weighted by molar-refractivity contribution is 6.35. The lowest BCUT2D eigenvalue weighted by molar-refractivity contribution is -0.162. The van der Waals surface area contributed by atoms with E-state index in [2.05, 4.69) is 16.0 Å². The molecule has 4 bridgehead atoms. The first kappa shape index (κ1) is 56.0. The molecule has 11 atom stereocenters. The second-order valence-corrected chi connectivity index (χ2v) is 18.7. The Kier molecular flexibility index (Phi) is 19.3. The summed E-state index contributed by atoms with van der Waals surface area (Å²) < 4.78 is 29.3. The van der Waals surface area contributed by atoms with E-state index in [4.69, 9.17) is 41.1 Å². The first-order valence-corrected chi connectivity index (χ1v) is 23.2. The number of methoxy groups -OCH3 is 2. The van der Waals surface area contributed by atoms with Gasteiger partial charge in [-0.3, -0.25) is 39.5 Å². The van der Waals surface area contributed by atoms with Gasteiger partial charge in [-0.2, -0.15) is 0 Å². The highest BCUT2D eigenvalue weighted by Crippen LogP contribution is 2.49. The van der Waals surface area contributed by atoms with Crippen LogP contribution in [-0.4, -0.2) is 140 Å². The number of hydrogen-bond donors (Lipinski definition) is 6. The van der Waals surface area contributed by atoms with Crippen LogP contribution >= 0.6 is 11.6 Å². The third-order valence-electron chi connectivity index (χ3n) is 13.0. The van der Waals surface area contributed by atoms with E-state index >= 15 is 0 Å². The van der Waals surface area contributed by atoms with E-state index in [0.717, 1.165) is 16.0 Å². The van der Waals surface area contributed by atoms with Crippen LogP contribution < -0.4 is 36.9 Å². The number of carbonyl (C=O) groups is 8. The fourth-order valence-electron chi connectivity index (χ4n) is 8.31. The molecule has 3 heterocycles. The molecule has 3 aliphatic heterocycles. The summed E-state index contributed by atoms with van der Waals surface area (Å²) in [5, 5.41) is 19.5. The summed E-state index contributed by atoms with van der Waals surface area (Å²) in [5.74, 6) is 0.0453. The van der Waals surface area contributed by atoms with E-state index < -0.39 is 120 Å². The van der Waals surface area contributed by atoms with Gasteiger partial charge >= 0.3 is 12.1 Å². The van der Waals surface area contributed by atoms with Gasteiger partial charge < -0.3 is 49.2 Å². The molecule has 22 heteroatoms. The van der Waals surface area contributed by atoms with Gasteiger partial charge in [0.1, 0.15) is 46.8 Å². The number of alkyl carbamates (subject to hydrolysis) is 1. The SMILES string of the molecule is COc1cc2cc(c1Cl)N(C)C(=O)CC(OC(=O)C(C)N(C)C(=O)CCCC(=O)NC(C)C(=O)CC(C)C(=O)NC(C)C(=O)NN)C1(C)OC1C(C)C1CC(O)(NC(=O)O1)C(OC)/C=C/C=C(\C)C2. The molecular weight excluding hydrogens is 922 g/mol. The topological polar surface area (TPSA) is 287 Å². The number of esters is 1. The predicted molar refractivity (Wildman–Crippen MR) is 251 cm³/mol. The number of carbonyl (C=O) groups excluding carboxylic acids is 8. The monoisotopic (exact) mass is 989 g/mol. The molecule has 0 radical (unpaired) electrons. The van der Waals surface area contributed by atoms with Gasteiger partial charge in [-0.1, -0.05) is 49.2 Å². The van der Waals surface area contributed by atoms with E-state index in [9.17, 15) is 43.5 Å². The average Bonchev–Trinajstić information content (AvgIpc) is 4.00. The zero-order valence-electron chi connectivity index (χ0n) is 41.1. The van der Waals surface area contributed by atoms with Crippen molar-refractivity contribution in [2.45, 2.75) is 147 Å². The number of nitrogens with zero attached hydrogens (tertiary/aromatic N) is 2. The van der Waals surface area contributed by atoms with E-state index in [1.807, 2.05) is 18.4 Å². The molecule has 0 aliphatic carbocycles. The average molecular weight is 991 g/mol. The largest absolute Gasteiger partial charge is 0.495 e. The molecule has 1 aromatic rings. The Hall–Kier alpha value is -5.61. The van der Waals surface area contributed by atoms with E-state index in [1.54, 1.807) is 38.1 Å². The lowest BCUT2D eigenvalue weighted by atomic mass is 9.83. The molecule has 6 amide bonds. The van der Waals surface area contributed by atoms with Crippen molar-refractivity contribution in [3.63, 3.8) is 0 Å². The van der Waals surface area contributed by atoms with Gasteiger partial charge in [0.15, 0.2) is 11.5 Å². The van der Waals surface area contributed by atoms with Gasteiger partial charge in [-0.15, -0.1) is 0 Å². The number of likely N-dealkylation sites (N-methyl/N-ethyl adjacent to an activating group) is 1. The Labute approximate surface area is 407 Å². The van der Waals surface area contributed by atoms with Crippen molar-refractivity contribution in [1.82, 2.24) is 26.3 Å². The van der Waals surface area contributed by atoms with Gasteiger partial charge in [0.2, 0.25) is 23.6 Å². The Morgan fingerprint density at radius 2 is 1.74 bits per heavy atom. The van der Waals surface area contributed by atoms with E-state index in [-0.39, 0.29) is 37.1 Å². The van der Waals surface area contributed by atoms with Gasteiger partial charge in [-0.05, 0) is 65.2 Å². The van der Waals surface area contributed by atoms with E-state index in [1.165, 1.54) is 60.9 Å². The number of Topliss-reactive ketones (excluding diaryl/α,β-unsaturated/α-hetero) is 1. The van der Waals surface area contributed by atoms with Crippen LogP contribution in [0.25, 0.3) is 0 Å². The maximum Gasteiger partial charge on any atom is 0.409 e. The van der Waals surface area contributed by atoms with Crippen LogP contribution in [0.2, 0.25) is 5.02 Å². The normalized spacial score (nSPS) is 27.8. The Morgan fingerprint density at radius 3 is 2.38 bits per heavy atom. The van der Waals surface area contributed by atoms with Crippen LogP contribution in [0.4, 0.5) is 10.5 Å². The lowest BCUT2D eigenvalue weighted by Gasteiger charge is -2.42. The Morgan fingerprint density at radius 1 is 1.06 bits per heavy atom.